The Morgan fingerprint density at radius 1 is 1.33 bits per heavy atom. The van der Waals surface area contributed by atoms with Gasteiger partial charge in [0.1, 0.15) is 0 Å². The van der Waals surface area contributed by atoms with Crippen LogP contribution >= 0.6 is 0 Å². The van der Waals surface area contributed by atoms with Crippen molar-refractivity contribution in [3.63, 3.8) is 0 Å². The first-order valence-corrected chi connectivity index (χ1v) is 5.31. The van der Waals surface area contributed by atoms with E-state index in [0.29, 0.717) is 5.56 Å². The number of hydrazone groups is 1. The van der Waals surface area contributed by atoms with Crippen molar-refractivity contribution in [3.8, 4) is 0 Å². The average molecular weight is 250 g/mol. The van der Waals surface area contributed by atoms with Crippen LogP contribution in [0.15, 0.2) is 29.4 Å². The predicted octanol–water partition coefficient (Wildman–Crippen LogP) is 1.55. The summed E-state index contributed by atoms with van der Waals surface area (Å²) in [5, 5.41) is 3.69. The largest absolute Gasteiger partial charge is 0.465 e. The Kier molecular flexibility index (Phi) is 5.37. The Labute approximate surface area is 105 Å². The average Bonchev–Trinajstić information content (AvgIpc) is 2.39. The minimum Gasteiger partial charge on any atom is -0.465 e. The molecule has 96 valence electrons. The molecule has 0 heterocycles. The lowest BCUT2D eigenvalue weighted by Gasteiger charge is -2.00. The third-order valence-electron chi connectivity index (χ3n) is 1.98. The predicted molar refractivity (Wildman–Crippen MR) is 65.5 cm³/mol. The van der Waals surface area contributed by atoms with E-state index in [1.54, 1.807) is 31.2 Å². The molecule has 0 spiro atoms. The van der Waals surface area contributed by atoms with E-state index in [2.05, 4.69) is 20.0 Å². The second kappa shape index (κ2) is 7.05. The molecule has 0 bridgehead atoms. The molecule has 0 aliphatic carbocycles. The molecule has 1 amide bonds. The fourth-order valence-corrected chi connectivity index (χ4v) is 1.15. The molecule has 0 fully saturated rings. The molecule has 18 heavy (non-hydrogen) atoms. The lowest BCUT2D eigenvalue weighted by Crippen LogP contribution is -2.18. The van der Waals surface area contributed by atoms with E-state index in [4.69, 9.17) is 0 Å². The second-order valence-corrected chi connectivity index (χ2v) is 3.20. The van der Waals surface area contributed by atoms with Crippen LogP contribution in [-0.2, 0) is 9.47 Å². The maximum absolute atomic E-state index is 11.2. The zero-order valence-electron chi connectivity index (χ0n) is 10.2. The SMILES string of the molecule is CCOC(=O)NN=Cc1ccc(C(=O)OC)cc1. The summed E-state index contributed by atoms with van der Waals surface area (Å²) in [6, 6.07) is 6.58. The van der Waals surface area contributed by atoms with Gasteiger partial charge in [-0.3, -0.25) is 0 Å². The summed E-state index contributed by atoms with van der Waals surface area (Å²) in [5.41, 5.74) is 3.38. The molecule has 1 aromatic carbocycles. The van der Waals surface area contributed by atoms with Crippen LogP contribution in [0, 0.1) is 0 Å². The number of hydrogen-bond donors (Lipinski definition) is 1. The molecule has 0 aliphatic heterocycles. The second-order valence-electron chi connectivity index (χ2n) is 3.20. The fraction of sp³-hybridized carbons (Fsp3) is 0.250. The Bertz CT molecular complexity index is 440. The van der Waals surface area contributed by atoms with Gasteiger partial charge in [-0.2, -0.15) is 5.10 Å². The van der Waals surface area contributed by atoms with Gasteiger partial charge in [-0.25, -0.2) is 15.0 Å². The van der Waals surface area contributed by atoms with Crippen molar-refractivity contribution in [2.45, 2.75) is 6.92 Å². The van der Waals surface area contributed by atoms with Gasteiger partial charge in [-0.15, -0.1) is 0 Å². The van der Waals surface area contributed by atoms with Crippen LogP contribution in [0.3, 0.4) is 0 Å². The van der Waals surface area contributed by atoms with Crippen LogP contribution in [0.2, 0.25) is 0 Å². The molecule has 0 unspecified atom stereocenters. The Hall–Kier alpha value is -2.37. The molecule has 0 atom stereocenters. The molecule has 6 nitrogen and oxygen atoms in total. The van der Waals surface area contributed by atoms with Crippen molar-refractivity contribution < 1.29 is 19.1 Å². The fourth-order valence-electron chi connectivity index (χ4n) is 1.15. The van der Waals surface area contributed by atoms with Gasteiger partial charge < -0.3 is 9.47 Å². The van der Waals surface area contributed by atoms with Crippen LogP contribution in [-0.4, -0.2) is 32.0 Å². The number of nitrogens with one attached hydrogen (secondary N) is 1. The number of methoxy groups -OCH3 is 1. The number of benzene rings is 1. The van der Waals surface area contributed by atoms with Gasteiger partial charge in [-0.05, 0) is 24.6 Å². The highest BCUT2D eigenvalue weighted by Gasteiger charge is 2.03. The minimum atomic E-state index is -0.611. The summed E-state index contributed by atoms with van der Waals surface area (Å²) in [4.78, 5) is 22.1. The van der Waals surface area contributed by atoms with E-state index in [0.717, 1.165) is 5.56 Å². The van der Waals surface area contributed by atoms with E-state index in [1.807, 2.05) is 0 Å². The minimum absolute atomic E-state index is 0.287. The Balaban J connectivity index is 2.56. The van der Waals surface area contributed by atoms with Crippen molar-refractivity contribution in [2.24, 2.45) is 5.10 Å². The number of carbonyl (C=O) groups is 2. The van der Waals surface area contributed by atoms with Gasteiger partial charge in [-0.1, -0.05) is 12.1 Å². The zero-order chi connectivity index (χ0) is 13.4. The molecule has 0 saturated carbocycles. The maximum atomic E-state index is 11.2. The molecule has 0 saturated heterocycles. The van der Waals surface area contributed by atoms with Gasteiger partial charge in [0.25, 0.3) is 0 Å². The molecule has 0 aromatic heterocycles. The molecule has 1 rings (SSSR count). The molecule has 0 radical (unpaired) electrons. The van der Waals surface area contributed by atoms with Crippen LogP contribution in [0.25, 0.3) is 0 Å². The van der Waals surface area contributed by atoms with E-state index < -0.39 is 12.1 Å². The first kappa shape index (κ1) is 13.7. The van der Waals surface area contributed by atoms with Crippen LogP contribution in [0.5, 0.6) is 0 Å². The van der Waals surface area contributed by atoms with E-state index in [-0.39, 0.29) is 6.61 Å². The smallest absolute Gasteiger partial charge is 0.427 e. The van der Waals surface area contributed by atoms with Gasteiger partial charge in [0, 0.05) is 0 Å². The highest BCUT2D eigenvalue weighted by Crippen LogP contribution is 2.03. The number of hydrogen-bond acceptors (Lipinski definition) is 5. The van der Waals surface area contributed by atoms with Crippen molar-refractivity contribution in [2.75, 3.05) is 13.7 Å². The first-order valence-electron chi connectivity index (χ1n) is 5.31. The summed E-state index contributed by atoms with van der Waals surface area (Å²) >= 11 is 0. The van der Waals surface area contributed by atoms with E-state index in [9.17, 15) is 9.59 Å². The molecule has 6 heteroatoms. The molecule has 1 aromatic rings. The van der Waals surface area contributed by atoms with Gasteiger partial charge >= 0.3 is 12.1 Å². The van der Waals surface area contributed by atoms with Crippen LogP contribution in [0.1, 0.15) is 22.8 Å². The summed E-state index contributed by atoms with van der Waals surface area (Å²) in [6.45, 7) is 1.99. The summed E-state index contributed by atoms with van der Waals surface area (Å²) < 4.78 is 9.19. The quantitative estimate of drug-likeness (QED) is 0.499. The Morgan fingerprint density at radius 2 is 2.00 bits per heavy atom. The third kappa shape index (κ3) is 4.25. The normalized spacial score (nSPS) is 10.1. The maximum Gasteiger partial charge on any atom is 0.427 e. The summed E-state index contributed by atoms with van der Waals surface area (Å²) in [7, 11) is 1.32. The third-order valence-corrected chi connectivity index (χ3v) is 1.98. The molecular formula is C12H14N2O4. The Morgan fingerprint density at radius 3 is 2.56 bits per heavy atom. The van der Waals surface area contributed by atoms with Crippen molar-refractivity contribution in [1.82, 2.24) is 5.43 Å². The zero-order valence-corrected chi connectivity index (χ0v) is 10.2. The molecule has 1 N–H and O–H groups in total. The molecular weight excluding hydrogens is 236 g/mol. The van der Waals surface area contributed by atoms with Crippen molar-refractivity contribution in [1.29, 1.82) is 0 Å². The number of esters is 1. The van der Waals surface area contributed by atoms with E-state index in [1.165, 1.54) is 13.3 Å². The van der Waals surface area contributed by atoms with Gasteiger partial charge in [0.05, 0.1) is 25.5 Å². The topological polar surface area (TPSA) is 77.0 Å². The highest BCUT2D eigenvalue weighted by molar-refractivity contribution is 5.90. The van der Waals surface area contributed by atoms with Crippen molar-refractivity contribution >= 4 is 18.3 Å². The lowest BCUT2D eigenvalue weighted by molar-refractivity contribution is 0.0600. The lowest BCUT2D eigenvalue weighted by atomic mass is 10.1. The van der Waals surface area contributed by atoms with E-state index >= 15 is 0 Å². The van der Waals surface area contributed by atoms with Gasteiger partial charge in [0.2, 0.25) is 0 Å². The number of rotatable bonds is 4. The number of nitrogens with zero attached hydrogens (tertiary/aromatic N) is 1. The summed E-state index contributed by atoms with van der Waals surface area (Å²) in [6.07, 6.45) is 0.831. The van der Waals surface area contributed by atoms with Gasteiger partial charge in [0.15, 0.2) is 0 Å². The number of amides is 1. The summed E-state index contributed by atoms with van der Waals surface area (Å²) in [5.74, 6) is -0.400. The number of ether oxygens (including phenoxy) is 2. The van der Waals surface area contributed by atoms with Crippen molar-refractivity contribution in [3.05, 3.63) is 35.4 Å². The standard InChI is InChI=1S/C12H14N2O4/c1-3-18-12(16)14-13-8-9-4-6-10(7-5-9)11(15)17-2/h4-8H,3H2,1-2H3,(H,14,16). The monoisotopic (exact) mass is 250 g/mol. The highest BCUT2D eigenvalue weighted by atomic mass is 16.5. The van der Waals surface area contributed by atoms with Crippen LogP contribution in [0.4, 0.5) is 4.79 Å². The number of carbonyl (C=O) groups excluding carboxylic acids is 2. The first-order chi connectivity index (χ1) is 8.67. The van der Waals surface area contributed by atoms with Crippen LogP contribution < -0.4 is 5.43 Å². The molecule has 0 aliphatic rings.